The van der Waals surface area contributed by atoms with Gasteiger partial charge in [-0.15, -0.1) is 11.3 Å². The summed E-state index contributed by atoms with van der Waals surface area (Å²) in [7, 11) is -4.25. The van der Waals surface area contributed by atoms with Crippen LogP contribution in [-0.4, -0.2) is 67.6 Å². The topological polar surface area (TPSA) is 129 Å². The monoisotopic (exact) mass is 658 g/mol. The molecule has 0 aliphatic carbocycles. The molecule has 244 valence electrons. The van der Waals surface area contributed by atoms with Crippen LogP contribution in [-0.2, 0) is 38.9 Å². The number of para-hydroxylation sites is 1. The van der Waals surface area contributed by atoms with Gasteiger partial charge in [-0.3, -0.25) is 14.0 Å². The number of benzene rings is 2. The lowest BCUT2D eigenvalue weighted by Crippen LogP contribution is -2.51. The number of rotatable bonds is 13. The summed E-state index contributed by atoms with van der Waals surface area (Å²) in [5, 5.41) is 13.4. The van der Waals surface area contributed by atoms with E-state index in [0.29, 0.717) is 61.6 Å². The summed E-state index contributed by atoms with van der Waals surface area (Å²) in [5.74, 6) is -1.07. The Morgan fingerprint density at radius 3 is 2.60 bits per heavy atom. The summed E-state index contributed by atoms with van der Waals surface area (Å²) in [6, 6.07) is 10.0. The molecule has 2 aliphatic heterocycles. The average Bonchev–Trinajstić information content (AvgIpc) is 3.45. The highest BCUT2D eigenvalue weighted by atomic mass is 32.2. The van der Waals surface area contributed by atoms with Crippen molar-refractivity contribution in [2.45, 2.75) is 82.6 Å². The van der Waals surface area contributed by atoms with Gasteiger partial charge < -0.3 is 15.3 Å². The molecule has 45 heavy (non-hydrogen) atoms. The molecule has 0 saturated carbocycles. The third-order valence-corrected chi connectivity index (χ3v) is 12.2. The second-order valence-electron chi connectivity index (χ2n) is 12.5. The van der Waals surface area contributed by atoms with Crippen molar-refractivity contribution in [3.8, 4) is 0 Å². The summed E-state index contributed by atoms with van der Waals surface area (Å²) in [6.07, 6.45) is 4.48. The maximum absolute atomic E-state index is 14.3. The van der Waals surface area contributed by atoms with E-state index >= 15 is 0 Å². The number of alkyl halides is 1. The number of fused-ring (bicyclic) bond motifs is 2. The minimum atomic E-state index is -4.25. The van der Waals surface area contributed by atoms with E-state index in [2.05, 4.69) is 28.9 Å². The van der Waals surface area contributed by atoms with Gasteiger partial charge in [0.05, 0.1) is 27.6 Å². The van der Waals surface area contributed by atoms with Crippen molar-refractivity contribution in [3.05, 3.63) is 52.5 Å². The molecule has 2 aliphatic rings. The summed E-state index contributed by atoms with van der Waals surface area (Å²) in [4.78, 5) is 31.8. The number of hydrogen-bond acceptors (Lipinski definition) is 7. The van der Waals surface area contributed by atoms with Gasteiger partial charge in [0.15, 0.2) is 0 Å². The summed E-state index contributed by atoms with van der Waals surface area (Å²) in [5.41, 5.74) is 2.74. The Bertz CT molecular complexity index is 1600. The van der Waals surface area contributed by atoms with Crippen LogP contribution in [0.15, 0.2) is 41.3 Å². The second-order valence-corrected chi connectivity index (χ2v) is 15.3. The minimum Gasteiger partial charge on any atom is -0.481 e. The Morgan fingerprint density at radius 1 is 1.20 bits per heavy atom. The number of thiazole rings is 1. The lowest BCUT2D eigenvalue weighted by molar-refractivity contribution is -0.137. The fraction of sp³-hybridized carbons (Fsp3) is 0.545. The van der Waals surface area contributed by atoms with Gasteiger partial charge in [0.2, 0.25) is 15.9 Å². The smallest absolute Gasteiger partial charge is 0.303 e. The van der Waals surface area contributed by atoms with Crippen LogP contribution in [0.5, 0.6) is 0 Å². The molecule has 0 unspecified atom stereocenters. The van der Waals surface area contributed by atoms with Crippen molar-refractivity contribution in [1.82, 2.24) is 14.6 Å². The van der Waals surface area contributed by atoms with Gasteiger partial charge in [0.25, 0.3) is 0 Å². The molecule has 2 aromatic carbocycles. The third-order valence-electron chi connectivity index (χ3n) is 9.62. The van der Waals surface area contributed by atoms with Crippen LogP contribution in [0.3, 0.4) is 0 Å². The van der Waals surface area contributed by atoms with E-state index in [1.165, 1.54) is 11.3 Å². The maximum atomic E-state index is 14.3. The van der Waals surface area contributed by atoms with E-state index in [4.69, 9.17) is 0 Å². The molecule has 3 aromatic rings. The van der Waals surface area contributed by atoms with Gasteiger partial charge in [-0.1, -0.05) is 32.0 Å². The van der Waals surface area contributed by atoms with Crippen molar-refractivity contribution in [2.75, 3.05) is 31.6 Å². The van der Waals surface area contributed by atoms with Crippen LogP contribution in [0.25, 0.3) is 10.2 Å². The highest BCUT2D eigenvalue weighted by Gasteiger charge is 2.37. The van der Waals surface area contributed by atoms with Crippen LogP contribution >= 0.6 is 11.3 Å². The number of aliphatic carboxylic acids is 1. The summed E-state index contributed by atoms with van der Waals surface area (Å²) < 4.78 is 45.3. The van der Waals surface area contributed by atoms with E-state index in [-0.39, 0.29) is 48.1 Å². The molecule has 1 atom stereocenters. The predicted molar refractivity (Wildman–Crippen MR) is 175 cm³/mol. The number of halogens is 1. The summed E-state index contributed by atoms with van der Waals surface area (Å²) in [6.45, 7) is 5.37. The standard InChI is InChI=1S/C33H43FN4O5S2/c1-3-33(4-2)20-24-17-23(9-10-30(39)40)18-28(31(24)35-21-33)45(42,43)37-26(19-29-36-25-7-5-6-8-27(25)44-29)32(41)38-15-12-22(11-14-34)13-16-38/h5-8,17-18,22,26,35,37H,3-4,9-16,19-21H2,1-2H3,(H,39,40)/t26-/m0/s1. The molecule has 0 bridgehead atoms. The zero-order chi connectivity index (χ0) is 32.2. The SMILES string of the molecule is CCC1(CC)CNc2c(cc(CCC(=O)O)cc2S(=O)(=O)N[C@@H](Cc2nc3ccccc3s2)C(=O)N2CCC(CCF)CC2)C1. The molecule has 1 aromatic heterocycles. The Labute approximate surface area is 268 Å². The number of sulfonamides is 1. The van der Waals surface area contributed by atoms with E-state index in [1.807, 2.05) is 30.3 Å². The van der Waals surface area contributed by atoms with Crippen LogP contribution in [0.1, 0.15) is 68.5 Å². The fourth-order valence-corrected chi connectivity index (χ4v) is 9.08. The number of aryl methyl sites for hydroxylation is 1. The van der Waals surface area contributed by atoms with E-state index < -0.39 is 22.0 Å². The number of anilines is 1. The quantitative estimate of drug-likeness (QED) is 0.219. The van der Waals surface area contributed by atoms with Crippen molar-refractivity contribution in [1.29, 1.82) is 0 Å². The number of carbonyl (C=O) groups excluding carboxylic acids is 1. The molecule has 0 radical (unpaired) electrons. The summed E-state index contributed by atoms with van der Waals surface area (Å²) >= 11 is 1.43. The number of likely N-dealkylation sites (tertiary alicyclic amines) is 1. The Balaban J connectivity index is 1.49. The Hall–Kier alpha value is -3.09. The molecular formula is C33H43FN4O5S2. The van der Waals surface area contributed by atoms with Crippen molar-refractivity contribution < 1.29 is 27.5 Å². The lowest BCUT2D eigenvalue weighted by Gasteiger charge is -2.39. The average molecular weight is 659 g/mol. The van der Waals surface area contributed by atoms with E-state index in [0.717, 1.165) is 28.6 Å². The molecule has 1 amide bonds. The van der Waals surface area contributed by atoms with Crippen molar-refractivity contribution in [3.63, 3.8) is 0 Å². The molecule has 3 N–H and O–H groups in total. The molecule has 1 saturated heterocycles. The van der Waals surface area contributed by atoms with Crippen molar-refractivity contribution >= 4 is 49.1 Å². The number of amides is 1. The minimum absolute atomic E-state index is 0.0324. The van der Waals surface area contributed by atoms with Gasteiger partial charge in [-0.05, 0) is 85.6 Å². The maximum Gasteiger partial charge on any atom is 0.303 e. The number of hydrogen-bond donors (Lipinski definition) is 3. The van der Waals surface area contributed by atoms with Crippen LogP contribution in [0, 0.1) is 11.3 Å². The zero-order valence-corrected chi connectivity index (χ0v) is 27.6. The van der Waals surface area contributed by atoms with E-state index in [9.17, 15) is 27.5 Å². The Kier molecular flexibility index (Phi) is 10.4. The first-order valence-electron chi connectivity index (χ1n) is 15.9. The highest BCUT2D eigenvalue weighted by Crippen LogP contribution is 2.41. The first-order valence-corrected chi connectivity index (χ1v) is 18.2. The van der Waals surface area contributed by atoms with Crippen LogP contribution in [0.4, 0.5) is 10.1 Å². The largest absolute Gasteiger partial charge is 0.481 e. The van der Waals surface area contributed by atoms with Gasteiger partial charge in [0.1, 0.15) is 10.9 Å². The van der Waals surface area contributed by atoms with E-state index in [1.54, 1.807) is 11.0 Å². The number of aromatic nitrogens is 1. The third kappa shape index (κ3) is 7.66. The molecule has 9 nitrogen and oxygen atoms in total. The zero-order valence-electron chi connectivity index (χ0n) is 26.0. The number of carboxylic acids is 1. The molecule has 12 heteroatoms. The van der Waals surface area contributed by atoms with Crippen LogP contribution < -0.4 is 10.0 Å². The van der Waals surface area contributed by atoms with Gasteiger partial charge in [-0.2, -0.15) is 4.72 Å². The molecule has 5 rings (SSSR count). The van der Waals surface area contributed by atoms with Gasteiger partial charge >= 0.3 is 5.97 Å². The molecule has 0 spiro atoms. The van der Waals surface area contributed by atoms with Crippen LogP contribution in [0.2, 0.25) is 0 Å². The molecular weight excluding hydrogens is 616 g/mol. The lowest BCUT2D eigenvalue weighted by atomic mass is 9.74. The van der Waals surface area contributed by atoms with Crippen molar-refractivity contribution in [2.24, 2.45) is 11.3 Å². The normalized spacial score (nSPS) is 17.5. The number of carbonyl (C=O) groups is 2. The number of piperidine rings is 1. The molecule has 3 heterocycles. The predicted octanol–water partition coefficient (Wildman–Crippen LogP) is 5.58. The molecule has 1 fully saturated rings. The number of nitrogens with zero attached hydrogens (tertiary/aromatic N) is 2. The number of nitrogens with one attached hydrogen (secondary N) is 2. The first-order chi connectivity index (χ1) is 21.6. The Morgan fingerprint density at radius 2 is 1.93 bits per heavy atom. The first kappa shape index (κ1) is 33.3. The van der Waals surface area contributed by atoms with Gasteiger partial charge in [-0.25, -0.2) is 13.4 Å². The number of carboxylic acid groups (broad SMARTS) is 1. The highest BCUT2D eigenvalue weighted by molar-refractivity contribution is 7.89. The fourth-order valence-electron chi connectivity index (χ4n) is 6.61. The van der Waals surface area contributed by atoms with Gasteiger partial charge in [0, 0.05) is 32.5 Å². The second kappa shape index (κ2) is 14.1.